The minimum absolute atomic E-state index is 0.0991. The van der Waals surface area contributed by atoms with Gasteiger partial charge in [0.15, 0.2) is 0 Å². The summed E-state index contributed by atoms with van der Waals surface area (Å²) in [6.45, 7) is 1.95. The lowest BCUT2D eigenvalue weighted by Crippen LogP contribution is -2.46. The van der Waals surface area contributed by atoms with Crippen molar-refractivity contribution in [1.82, 2.24) is 4.90 Å². The second kappa shape index (κ2) is 6.93. The highest BCUT2D eigenvalue weighted by Gasteiger charge is 2.41. The van der Waals surface area contributed by atoms with Crippen molar-refractivity contribution in [2.75, 3.05) is 0 Å². The van der Waals surface area contributed by atoms with Gasteiger partial charge in [0.25, 0.3) is 5.91 Å². The van der Waals surface area contributed by atoms with Crippen molar-refractivity contribution in [2.45, 2.75) is 19.4 Å². The smallest absolute Gasteiger partial charge is 0.327 e. The molecule has 6 nitrogen and oxygen atoms in total. The van der Waals surface area contributed by atoms with Gasteiger partial charge in [-0.25, -0.2) is 4.79 Å². The van der Waals surface area contributed by atoms with E-state index in [9.17, 15) is 19.5 Å². The van der Waals surface area contributed by atoms with Gasteiger partial charge in [0, 0.05) is 0 Å². The summed E-state index contributed by atoms with van der Waals surface area (Å²) in [6.07, 6.45) is 1.15. The Labute approximate surface area is 142 Å². The highest BCUT2D eigenvalue weighted by atomic mass is 32.2. The third kappa shape index (κ3) is 3.96. The molecule has 2 amide bonds. The Morgan fingerprint density at radius 2 is 2.00 bits per heavy atom. The minimum atomic E-state index is -1.39. The standard InChI is InChI=1S/C15H14N2O4S2/c1-8-2-4-9(5-3-8)6-11-13(19)17(15(22)23-11)10(14(20)21)7-12(16)18/h2-6,10H,7H2,1H3,(H2,16,18)(H,20,21)/b11-6-. The van der Waals surface area contributed by atoms with Crippen LogP contribution in [-0.2, 0) is 14.4 Å². The number of aryl methyl sites for hydroxylation is 1. The number of carbonyl (C=O) groups is 3. The topological polar surface area (TPSA) is 101 Å². The molecule has 1 atom stereocenters. The normalized spacial score (nSPS) is 17.6. The molecule has 0 saturated carbocycles. The molecular weight excluding hydrogens is 336 g/mol. The predicted octanol–water partition coefficient (Wildman–Crippen LogP) is 1.52. The van der Waals surface area contributed by atoms with Crippen molar-refractivity contribution in [1.29, 1.82) is 0 Å². The van der Waals surface area contributed by atoms with Gasteiger partial charge in [0.2, 0.25) is 5.91 Å². The molecule has 1 heterocycles. The van der Waals surface area contributed by atoms with Crippen LogP contribution in [0.1, 0.15) is 17.5 Å². The first-order valence-corrected chi connectivity index (χ1v) is 7.87. The molecule has 0 aliphatic carbocycles. The fourth-order valence-corrected chi connectivity index (χ4v) is 3.40. The van der Waals surface area contributed by atoms with Gasteiger partial charge in [-0.05, 0) is 18.6 Å². The number of thioether (sulfide) groups is 1. The molecular formula is C15H14N2O4S2. The summed E-state index contributed by atoms with van der Waals surface area (Å²) in [5.74, 6) is -2.67. The van der Waals surface area contributed by atoms with Gasteiger partial charge >= 0.3 is 5.97 Å². The lowest BCUT2D eigenvalue weighted by atomic mass is 10.1. The molecule has 1 aromatic rings. The largest absolute Gasteiger partial charge is 0.480 e. The zero-order chi connectivity index (χ0) is 17.1. The monoisotopic (exact) mass is 350 g/mol. The number of primary amides is 1. The molecule has 0 spiro atoms. The van der Waals surface area contributed by atoms with Crippen molar-refractivity contribution in [3.8, 4) is 0 Å². The van der Waals surface area contributed by atoms with Gasteiger partial charge in [-0.1, -0.05) is 53.8 Å². The van der Waals surface area contributed by atoms with Crippen LogP contribution in [0.25, 0.3) is 6.08 Å². The number of hydrogen-bond acceptors (Lipinski definition) is 5. The van der Waals surface area contributed by atoms with Crippen LogP contribution in [0.2, 0.25) is 0 Å². The zero-order valence-electron chi connectivity index (χ0n) is 12.2. The summed E-state index contributed by atoms with van der Waals surface area (Å²) in [7, 11) is 0. The average molecular weight is 350 g/mol. The number of carbonyl (C=O) groups excluding carboxylic acids is 2. The molecule has 120 valence electrons. The Morgan fingerprint density at radius 1 is 1.39 bits per heavy atom. The van der Waals surface area contributed by atoms with Crippen LogP contribution in [0, 0.1) is 6.92 Å². The molecule has 3 N–H and O–H groups in total. The molecule has 1 aliphatic rings. The molecule has 1 unspecified atom stereocenters. The van der Waals surface area contributed by atoms with Crippen LogP contribution >= 0.6 is 24.0 Å². The summed E-state index contributed by atoms with van der Waals surface area (Å²) < 4.78 is 0.0991. The van der Waals surface area contributed by atoms with Gasteiger partial charge in [-0.2, -0.15) is 0 Å². The number of nitrogens with two attached hydrogens (primary N) is 1. The van der Waals surface area contributed by atoms with Crippen LogP contribution in [0.4, 0.5) is 0 Å². The van der Waals surface area contributed by atoms with Gasteiger partial charge in [-0.15, -0.1) is 0 Å². The first-order valence-electron chi connectivity index (χ1n) is 6.64. The van der Waals surface area contributed by atoms with Crippen molar-refractivity contribution in [3.63, 3.8) is 0 Å². The fourth-order valence-electron chi connectivity index (χ4n) is 2.04. The summed E-state index contributed by atoms with van der Waals surface area (Å²) in [5.41, 5.74) is 6.95. The number of carboxylic acids is 1. The number of nitrogens with zero attached hydrogens (tertiary/aromatic N) is 1. The molecule has 1 aliphatic heterocycles. The van der Waals surface area contributed by atoms with E-state index in [1.54, 1.807) is 6.08 Å². The molecule has 0 radical (unpaired) electrons. The molecule has 2 rings (SSSR count). The van der Waals surface area contributed by atoms with Gasteiger partial charge in [0.05, 0.1) is 11.3 Å². The summed E-state index contributed by atoms with van der Waals surface area (Å²) in [4.78, 5) is 36.1. The average Bonchev–Trinajstić information content (AvgIpc) is 2.73. The lowest BCUT2D eigenvalue weighted by molar-refractivity contribution is -0.146. The molecule has 1 saturated heterocycles. The van der Waals surface area contributed by atoms with Crippen LogP contribution in [0.15, 0.2) is 29.2 Å². The third-order valence-electron chi connectivity index (χ3n) is 3.19. The number of thiocarbonyl (C=S) groups is 1. The summed E-state index contributed by atoms with van der Waals surface area (Å²) >= 11 is 6.10. The van der Waals surface area contributed by atoms with Gasteiger partial charge < -0.3 is 10.8 Å². The van der Waals surface area contributed by atoms with Gasteiger partial charge in [-0.3, -0.25) is 14.5 Å². The fraction of sp³-hybridized carbons (Fsp3) is 0.200. The van der Waals surface area contributed by atoms with E-state index < -0.39 is 30.2 Å². The zero-order valence-corrected chi connectivity index (χ0v) is 13.8. The highest BCUT2D eigenvalue weighted by Crippen LogP contribution is 2.34. The SMILES string of the molecule is Cc1ccc(/C=C2\SC(=S)N(C(CC(N)=O)C(=O)O)C2=O)cc1. The van der Waals surface area contributed by atoms with E-state index >= 15 is 0 Å². The number of amides is 2. The summed E-state index contributed by atoms with van der Waals surface area (Å²) in [5, 5.41) is 9.23. The molecule has 8 heteroatoms. The maximum absolute atomic E-state index is 12.4. The Morgan fingerprint density at radius 3 is 2.52 bits per heavy atom. The first-order chi connectivity index (χ1) is 10.8. The van der Waals surface area contributed by atoms with Crippen LogP contribution < -0.4 is 5.73 Å². The Kier molecular flexibility index (Phi) is 5.17. The van der Waals surface area contributed by atoms with Crippen molar-refractivity contribution >= 4 is 52.2 Å². The maximum atomic E-state index is 12.4. The predicted molar refractivity (Wildman–Crippen MR) is 91.4 cm³/mol. The second-order valence-corrected chi connectivity index (χ2v) is 6.66. The summed E-state index contributed by atoms with van der Waals surface area (Å²) in [6, 6.07) is 6.11. The van der Waals surface area contributed by atoms with E-state index in [-0.39, 0.29) is 4.32 Å². The van der Waals surface area contributed by atoms with Gasteiger partial charge in [0.1, 0.15) is 10.4 Å². The van der Waals surface area contributed by atoms with Crippen LogP contribution in [0.5, 0.6) is 0 Å². The third-order valence-corrected chi connectivity index (χ3v) is 4.52. The van der Waals surface area contributed by atoms with Crippen molar-refractivity contribution < 1.29 is 19.5 Å². The molecule has 23 heavy (non-hydrogen) atoms. The van der Waals surface area contributed by atoms with Crippen LogP contribution in [0.3, 0.4) is 0 Å². The van der Waals surface area contributed by atoms with Crippen molar-refractivity contribution in [2.24, 2.45) is 5.73 Å². The molecule has 1 aromatic carbocycles. The Balaban J connectivity index is 2.30. The number of hydrogen-bond donors (Lipinski definition) is 2. The maximum Gasteiger partial charge on any atom is 0.327 e. The molecule has 0 bridgehead atoms. The van der Waals surface area contributed by atoms with E-state index in [4.69, 9.17) is 18.0 Å². The first kappa shape index (κ1) is 17.2. The van der Waals surface area contributed by atoms with E-state index in [0.717, 1.165) is 27.8 Å². The second-order valence-electron chi connectivity index (χ2n) is 4.99. The Bertz CT molecular complexity index is 713. The van der Waals surface area contributed by atoms with Crippen molar-refractivity contribution in [3.05, 3.63) is 40.3 Å². The lowest BCUT2D eigenvalue weighted by Gasteiger charge is -2.21. The molecule has 1 fully saturated rings. The minimum Gasteiger partial charge on any atom is -0.480 e. The number of rotatable bonds is 5. The Hall–Kier alpha value is -2.19. The van der Waals surface area contributed by atoms with E-state index in [1.165, 1.54) is 0 Å². The quantitative estimate of drug-likeness (QED) is 0.617. The number of aliphatic carboxylic acids is 1. The van der Waals surface area contributed by atoms with E-state index in [0.29, 0.717) is 4.91 Å². The number of benzene rings is 1. The van der Waals surface area contributed by atoms with Crippen LogP contribution in [-0.4, -0.2) is 38.2 Å². The number of carboxylic acid groups (broad SMARTS) is 1. The molecule has 0 aromatic heterocycles. The van der Waals surface area contributed by atoms with E-state index in [2.05, 4.69) is 0 Å². The highest BCUT2D eigenvalue weighted by molar-refractivity contribution is 8.26. The van der Waals surface area contributed by atoms with E-state index in [1.807, 2.05) is 31.2 Å².